The van der Waals surface area contributed by atoms with E-state index in [4.69, 9.17) is 0 Å². The van der Waals surface area contributed by atoms with Crippen LogP contribution in [0.25, 0.3) is 0 Å². The van der Waals surface area contributed by atoms with Crippen molar-refractivity contribution in [2.24, 2.45) is 5.10 Å². The molecule has 1 unspecified atom stereocenters. The minimum absolute atomic E-state index is 0.0524. The number of anilines is 1. The van der Waals surface area contributed by atoms with Crippen LogP contribution >= 0.6 is 0 Å². The Bertz CT molecular complexity index is 1020. The average molecular weight is 426 g/mol. The van der Waals surface area contributed by atoms with Crippen LogP contribution < -0.4 is 10.3 Å². The molecule has 1 aliphatic rings. The number of non-ortho nitro benzene ring substituents is 1. The molecule has 0 saturated heterocycles. The van der Waals surface area contributed by atoms with Crippen molar-refractivity contribution < 1.29 is 14.1 Å². The molecule has 2 aromatic carbocycles. The van der Waals surface area contributed by atoms with Crippen molar-refractivity contribution >= 4 is 23.5 Å². The highest BCUT2D eigenvalue weighted by molar-refractivity contribution is 5.95. The van der Waals surface area contributed by atoms with Crippen molar-refractivity contribution in [1.29, 1.82) is 0 Å². The van der Waals surface area contributed by atoms with Gasteiger partial charge >= 0.3 is 0 Å². The lowest BCUT2D eigenvalue weighted by molar-refractivity contribution is -0.384. The van der Waals surface area contributed by atoms with Crippen LogP contribution in [-0.4, -0.2) is 29.1 Å². The number of nitro benzene ring substituents is 1. The normalized spacial score (nSPS) is 17.5. The molecule has 0 spiro atoms. The number of benzene rings is 2. The molecule has 1 heterocycles. The summed E-state index contributed by atoms with van der Waals surface area (Å²) in [5.41, 5.74) is 4.68. The average Bonchev–Trinajstić information content (AvgIpc) is 2.71. The van der Waals surface area contributed by atoms with Crippen molar-refractivity contribution in [3.8, 4) is 0 Å². The number of rotatable bonds is 6. The third kappa shape index (κ3) is 4.73. The van der Waals surface area contributed by atoms with Gasteiger partial charge in [-0.05, 0) is 62.4 Å². The summed E-state index contributed by atoms with van der Waals surface area (Å²) in [4.78, 5) is 24.6. The number of hydrogen-bond donors (Lipinski definition) is 1. The first-order chi connectivity index (χ1) is 14.6. The molecular weight excluding hydrogens is 399 g/mol. The van der Waals surface area contributed by atoms with E-state index in [1.54, 1.807) is 12.1 Å². The van der Waals surface area contributed by atoms with E-state index >= 15 is 0 Å². The van der Waals surface area contributed by atoms with Crippen molar-refractivity contribution in [3.63, 3.8) is 0 Å². The van der Waals surface area contributed by atoms with Crippen molar-refractivity contribution in [3.05, 3.63) is 69.0 Å². The van der Waals surface area contributed by atoms with E-state index in [-0.39, 0.29) is 22.7 Å². The molecule has 0 fully saturated rings. The smallest absolute Gasteiger partial charge is 0.271 e. The first-order valence-electron chi connectivity index (χ1n) is 10.3. The monoisotopic (exact) mass is 426 g/mol. The van der Waals surface area contributed by atoms with E-state index < -0.39 is 16.6 Å². The molecule has 1 amide bonds. The molecule has 1 aliphatic heterocycles. The molecule has 8 heteroatoms. The topological polar surface area (TPSA) is 87.8 Å². The van der Waals surface area contributed by atoms with Crippen LogP contribution in [0, 0.1) is 15.9 Å². The van der Waals surface area contributed by atoms with Crippen LogP contribution in [0.1, 0.15) is 67.9 Å². The number of hydrogen-bond acceptors (Lipinski definition) is 5. The second-order valence-electron chi connectivity index (χ2n) is 8.50. The third-order valence-electron chi connectivity index (χ3n) is 5.66. The molecule has 31 heavy (non-hydrogen) atoms. The number of hydrazone groups is 1. The standard InChI is InChI=1S/C23H27FN4O3/c1-5-10-27-21-12-20(24)17(11-19(21)15(2)13-23(27,3)4)14-25-26-22(29)16-6-8-18(9-7-16)28(30)31/h6-9,11-12,14-15H,5,10,13H2,1-4H3,(H,26,29)/b25-14-. The summed E-state index contributed by atoms with van der Waals surface area (Å²) >= 11 is 0. The molecular formula is C23H27FN4O3. The predicted molar refractivity (Wildman–Crippen MR) is 119 cm³/mol. The lowest BCUT2D eigenvalue weighted by Crippen LogP contribution is -2.48. The number of carbonyl (C=O) groups is 1. The summed E-state index contributed by atoms with van der Waals surface area (Å²) < 4.78 is 14.8. The van der Waals surface area contributed by atoms with Gasteiger partial charge in [0, 0.05) is 41.0 Å². The molecule has 0 aromatic heterocycles. The Morgan fingerprint density at radius 3 is 2.65 bits per heavy atom. The number of amides is 1. The van der Waals surface area contributed by atoms with Gasteiger partial charge in [0.25, 0.3) is 11.6 Å². The van der Waals surface area contributed by atoms with Gasteiger partial charge in [-0.1, -0.05) is 13.8 Å². The van der Waals surface area contributed by atoms with Gasteiger partial charge in [0.1, 0.15) is 5.82 Å². The van der Waals surface area contributed by atoms with Gasteiger partial charge in [-0.3, -0.25) is 14.9 Å². The van der Waals surface area contributed by atoms with Crippen molar-refractivity contribution in [1.82, 2.24) is 5.43 Å². The van der Waals surface area contributed by atoms with E-state index in [0.717, 1.165) is 30.6 Å². The van der Waals surface area contributed by atoms with E-state index in [0.29, 0.717) is 5.56 Å². The number of nitro groups is 1. The number of halogens is 1. The molecule has 0 radical (unpaired) electrons. The maximum absolute atomic E-state index is 14.8. The number of nitrogens with one attached hydrogen (secondary N) is 1. The minimum atomic E-state index is -0.539. The quantitative estimate of drug-likeness (QED) is 0.400. The molecule has 1 atom stereocenters. The van der Waals surface area contributed by atoms with E-state index in [1.165, 1.54) is 30.5 Å². The van der Waals surface area contributed by atoms with E-state index in [1.807, 2.05) is 0 Å². The molecule has 7 nitrogen and oxygen atoms in total. The van der Waals surface area contributed by atoms with Gasteiger partial charge in [-0.15, -0.1) is 0 Å². The molecule has 1 N–H and O–H groups in total. The van der Waals surface area contributed by atoms with Crippen LogP contribution in [0.3, 0.4) is 0 Å². The lowest BCUT2D eigenvalue weighted by Gasteiger charge is -2.47. The maximum atomic E-state index is 14.8. The van der Waals surface area contributed by atoms with Crippen LogP contribution in [0.2, 0.25) is 0 Å². The fraction of sp³-hybridized carbons (Fsp3) is 0.391. The van der Waals surface area contributed by atoms with E-state index in [9.17, 15) is 19.3 Å². The van der Waals surface area contributed by atoms with Crippen molar-refractivity contribution in [2.45, 2.75) is 52.0 Å². The zero-order valence-electron chi connectivity index (χ0n) is 18.2. The highest BCUT2D eigenvalue weighted by atomic mass is 19.1. The zero-order valence-corrected chi connectivity index (χ0v) is 18.2. The van der Waals surface area contributed by atoms with Gasteiger partial charge in [-0.2, -0.15) is 5.10 Å². The molecule has 0 bridgehead atoms. The first kappa shape index (κ1) is 22.4. The van der Waals surface area contributed by atoms with Gasteiger partial charge in [0.05, 0.1) is 11.1 Å². The Kier molecular flexibility index (Phi) is 6.38. The summed E-state index contributed by atoms with van der Waals surface area (Å²) in [6, 6.07) is 8.53. The number of nitrogens with zero attached hydrogens (tertiary/aromatic N) is 3. The fourth-order valence-corrected chi connectivity index (χ4v) is 4.23. The molecule has 2 aromatic rings. The fourth-order valence-electron chi connectivity index (χ4n) is 4.23. The molecule has 0 aliphatic carbocycles. The Hall–Kier alpha value is -3.29. The second-order valence-corrected chi connectivity index (χ2v) is 8.50. The van der Waals surface area contributed by atoms with Crippen LogP contribution in [0.5, 0.6) is 0 Å². The lowest BCUT2D eigenvalue weighted by atomic mass is 9.79. The molecule has 0 saturated carbocycles. The summed E-state index contributed by atoms with van der Waals surface area (Å²) in [6.45, 7) is 9.47. The van der Waals surface area contributed by atoms with Gasteiger partial charge < -0.3 is 4.90 Å². The zero-order chi connectivity index (χ0) is 22.8. The van der Waals surface area contributed by atoms with Crippen LogP contribution in [0.4, 0.5) is 15.8 Å². The Balaban J connectivity index is 1.79. The summed E-state index contributed by atoms with van der Waals surface area (Å²) in [7, 11) is 0. The molecule has 3 rings (SSSR count). The van der Waals surface area contributed by atoms with Gasteiger partial charge in [-0.25, -0.2) is 9.82 Å². The SMILES string of the molecule is CCCN1c2cc(F)c(/C=N\NC(=O)c3ccc([N+](=O)[O-])cc3)cc2C(C)CC1(C)C. The Morgan fingerprint density at radius 2 is 2.03 bits per heavy atom. The van der Waals surface area contributed by atoms with Gasteiger partial charge in [0.15, 0.2) is 0 Å². The van der Waals surface area contributed by atoms with Crippen molar-refractivity contribution in [2.75, 3.05) is 11.4 Å². The maximum Gasteiger partial charge on any atom is 0.271 e. The summed E-state index contributed by atoms with van der Waals surface area (Å²) in [5.74, 6) is -0.674. The second kappa shape index (κ2) is 8.83. The molecule has 164 valence electrons. The summed E-state index contributed by atoms with van der Waals surface area (Å²) in [5, 5.41) is 14.6. The number of fused-ring (bicyclic) bond motifs is 1. The highest BCUT2D eigenvalue weighted by Crippen LogP contribution is 2.44. The summed E-state index contributed by atoms with van der Waals surface area (Å²) in [6.07, 6.45) is 3.21. The highest BCUT2D eigenvalue weighted by Gasteiger charge is 2.36. The van der Waals surface area contributed by atoms with Gasteiger partial charge in [0.2, 0.25) is 0 Å². The number of carbonyl (C=O) groups excluding carboxylic acids is 1. The van der Waals surface area contributed by atoms with Crippen LogP contribution in [-0.2, 0) is 0 Å². The first-order valence-corrected chi connectivity index (χ1v) is 10.3. The predicted octanol–water partition coefficient (Wildman–Crippen LogP) is 5.00. The van der Waals surface area contributed by atoms with Crippen LogP contribution in [0.15, 0.2) is 41.5 Å². The van der Waals surface area contributed by atoms with E-state index in [2.05, 4.69) is 43.1 Å². The Morgan fingerprint density at radius 1 is 1.35 bits per heavy atom. The minimum Gasteiger partial charge on any atom is -0.366 e. The Labute approximate surface area is 181 Å². The largest absolute Gasteiger partial charge is 0.366 e. The third-order valence-corrected chi connectivity index (χ3v) is 5.66.